The van der Waals surface area contributed by atoms with Crippen molar-refractivity contribution in [3.8, 4) is 5.69 Å². The fourth-order valence-corrected chi connectivity index (χ4v) is 3.47. The van der Waals surface area contributed by atoms with Gasteiger partial charge in [0.1, 0.15) is 17.2 Å². The quantitative estimate of drug-likeness (QED) is 0.665. The van der Waals surface area contributed by atoms with Crippen LogP contribution in [0.3, 0.4) is 0 Å². The molecule has 0 saturated carbocycles. The Kier molecular flexibility index (Phi) is 4.81. The molecule has 0 bridgehead atoms. The van der Waals surface area contributed by atoms with Gasteiger partial charge in [0.25, 0.3) is 5.91 Å². The maximum atomic E-state index is 14.1. The molecule has 2 heterocycles. The Bertz CT molecular complexity index is 1040. The highest BCUT2D eigenvalue weighted by Gasteiger charge is 2.31. The molecule has 0 aliphatic heterocycles. The molecule has 1 atom stereocenters. The van der Waals surface area contributed by atoms with Crippen LogP contribution in [-0.2, 0) is 12.6 Å². The van der Waals surface area contributed by atoms with Crippen molar-refractivity contribution in [2.24, 2.45) is 0 Å². The molecule has 1 aliphatic carbocycles. The van der Waals surface area contributed by atoms with E-state index in [-0.39, 0.29) is 11.7 Å². The number of halogens is 4. The predicted molar refractivity (Wildman–Crippen MR) is 95.9 cm³/mol. The Morgan fingerprint density at radius 2 is 1.93 bits per heavy atom. The second kappa shape index (κ2) is 7.31. The topological polar surface area (TPSA) is 59.8 Å². The van der Waals surface area contributed by atoms with E-state index in [0.717, 1.165) is 29.8 Å². The predicted octanol–water partition coefficient (Wildman–Crippen LogP) is 4.23. The maximum Gasteiger partial charge on any atom is 0.417 e. The van der Waals surface area contributed by atoms with Gasteiger partial charge in [0.05, 0.1) is 17.8 Å². The molecule has 2 aromatic heterocycles. The molecule has 0 unspecified atom stereocenters. The van der Waals surface area contributed by atoms with Gasteiger partial charge in [0.2, 0.25) is 0 Å². The number of fused-ring (bicyclic) bond motifs is 1. The number of alkyl halides is 3. The Morgan fingerprint density at radius 1 is 1.14 bits per heavy atom. The van der Waals surface area contributed by atoms with Gasteiger partial charge in [-0.2, -0.15) is 18.3 Å². The molecule has 1 N–H and O–H groups in total. The summed E-state index contributed by atoms with van der Waals surface area (Å²) < 4.78 is 53.6. The summed E-state index contributed by atoms with van der Waals surface area (Å²) in [5.74, 6) is -0.978. The van der Waals surface area contributed by atoms with Crippen LogP contribution in [0.2, 0.25) is 0 Å². The van der Waals surface area contributed by atoms with Gasteiger partial charge in [-0.1, -0.05) is 12.1 Å². The standard InChI is InChI=1S/C20H16F4N4O/c21-14-4-1-2-6-18(14)28-17-7-3-5-15(13(17)11-26-28)27-19(29)16-9-8-12(10-25-16)20(22,23)24/h1-2,4,6,8-11,15H,3,5,7H2,(H,27,29)/t15-/m1/s1. The van der Waals surface area contributed by atoms with Gasteiger partial charge in [-0.15, -0.1) is 0 Å². The van der Waals surface area contributed by atoms with Crippen LogP contribution in [0.4, 0.5) is 17.6 Å². The molecule has 4 rings (SSSR count). The zero-order valence-electron chi connectivity index (χ0n) is 15.1. The smallest absolute Gasteiger partial charge is 0.344 e. The van der Waals surface area contributed by atoms with Crippen LogP contribution in [0.1, 0.15) is 46.2 Å². The van der Waals surface area contributed by atoms with Gasteiger partial charge in [-0.3, -0.25) is 9.78 Å². The van der Waals surface area contributed by atoms with Crippen LogP contribution in [0.25, 0.3) is 5.69 Å². The minimum absolute atomic E-state index is 0.105. The lowest BCUT2D eigenvalue weighted by molar-refractivity contribution is -0.137. The number of hydrogen-bond donors (Lipinski definition) is 1. The highest BCUT2D eigenvalue weighted by atomic mass is 19.4. The van der Waals surface area contributed by atoms with Crippen LogP contribution < -0.4 is 5.32 Å². The Balaban J connectivity index is 1.56. The van der Waals surface area contributed by atoms with Gasteiger partial charge in [0, 0.05) is 17.5 Å². The average molecular weight is 404 g/mol. The summed E-state index contributed by atoms with van der Waals surface area (Å²) in [5.41, 5.74) is 0.865. The van der Waals surface area contributed by atoms with Crippen molar-refractivity contribution in [1.82, 2.24) is 20.1 Å². The number of nitrogens with zero attached hydrogens (tertiary/aromatic N) is 3. The van der Waals surface area contributed by atoms with Gasteiger partial charge in [0.15, 0.2) is 0 Å². The van der Waals surface area contributed by atoms with E-state index in [4.69, 9.17) is 0 Å². The van der Waals surface area contributed by atoms with Crippen LogP contribution in [-0.4, -0.2) is 20.7 Å². The van der Waals surface area contributed by atoms with Gasteiger partial charge < -0.3 is 5.32 Å². The number of pyridine rings is 1. The first kappa shape index (κ1) is 19.1. The fourth-order valence-electron chi connectivity index (χ4n) is 3.47. The van der Waals surface area contributed by atoms with Crippen LogP contribution in [0.15, 0.2) is 48.8 Å². The van der Waals surface area contributed by atoms with E-state index in [0.29, 0.717) is 24.7 Å². The van der Waals surface area contributed by atoms with Crippen molar-refractivity contribution in [3.05, 3.63) is 77.1 Å². The van der Waals surface area contributed by atoms with Crippen LogP contribution in [0.5, 0.6) is 0 Å². The normalized spacial score (nSPS) is 16.3. The molecule has 3 aromatic rings. The molecule has 0 fully saturated rings. The highest BCUT2D eigenvalue weighted by molar-refractivity contribution is 5.92. The summed E-state index contributed by atoms with van der Waals surface area (Å²) in [4.78, 5) is 16.1. The molecular weight excluding hydrogens is 388 g/mol. The second-order valence-corrected chi connectivity index (χ2v) is 6.76. The van der Waals surface area contributed by atoms with Gasteiger partial charge in [-0.05, 0) is 43.5 Å². The van der Waals surface area contributed by atoms with Gasteiger partial charge in [-0.25, -0.2) is 9.07 Å². The third-order valence-electron chi connectivity index (χ3n) is 4.89. The summed E-state index contributed by atoms with van der Waals surface area (Å²) in [5, 5.41) is 7.08. The number of hydrogen-bond acceptors (Lipinski definition) is 3. The molecule has 29 heavy (non-hydrogen) atoms. The molecule has 0 saturated heterocycles. The lowest BCUT2D eigenvalue weighted by atomic mass is 9.92. The molecule has 1 aromatic carbocycles. The molecule has 1 amide bonds. The highest BCUT2D eigenvalue weighted by Crippen LogP contribution is 2.32. The molecule has 5 nitrogen and oxygen atoms in total. The largest absolute Gasteiger partial charge is 0.417 e. The Morgan fingerprint density at radius 3 is 2.62 bits per heavy atom. The number of carbonyl (C=O) groups is 1. The lowest BCUT2D eigenvalue weighted by Gasteiger charge is -2.24. The molecule has 1 aliphatic rings. The van der Waals surface area contributed by atoms with Crippen LogP contribution >= 0.6 is 0 Å². The number of benzene rings is 1. The number of aromatic nitrogens is 3. The average Bonchev–Trinajstić information content (AvgIpc) is 3.13. The summed E-state index contributed by atoms with van der Waals surface area (Å²) in [6.07, 6.45) is -0.222. The summed E-state index contributed by atoms with van der Waals surface area (Å²) in [7, 11) is 0. The molecule has 9 heteroatoms. The SMILES string of the molecule is O=C(N[C@@H]1CCCc2c1cnn2-c1ccccc1F)c1ccc(C(F)(F)F)cn1. The summed E-state index contributed by atoms with van der Waals surface area (Å²) in [6.45, 7) is 0. The summed E-state index contributed by atoms with van der Waals surface area (Å²) in [6, 6.07) is 7.77. The summed E-state index contributed by atoms with van der Waals surface area (Å²) >= 11 is 0. The first-order valence-electron chi connectivity index (χ1n) is 9.00. The number of para-hydroxylation sites is 1. The zero-order valence-corrected chi connectivity index (χ0v) is 15.1. The molecule has 0 spiro atoms. The van der Waals surface area contributed by atoms with E-state index in [1.807, 2.05) is 0 Å². The Hall–Kier alpha value is -3.23. The third kappa shape index (κ3) is 3.72. The Labute approximate surface area is 163 Å². The van der Waals surface area contributed by atoms with E-state index in [9.17, 15) is 22.4 Å². The molecular formula is C20H16F4N4O. The number of rotatable bonds is 3. The number of amides is 1. The molecule has 0 radical (unpaired) electrons. The first-order valence-corrected chi connectivity index (χ1v) is 9.00. The first-order chi connectivity index (χ1) is 13.8. The van der Waals surface area contributed by atoms with Crippen molar-refractivity contribution in [3.63, 3.8) is 0 Å². The second-order valence-electron chi connectivity index (χ2n) is 6.76. The van der Waals surface area contributed by atoms with E-state index in [2.05, 4.69) is 15.4 Å². The van der Waals surface area contributed by atoms with E-state index in [1.54, 1.807) is 24.4 Å². The maximum absolute atomic E-state index is 14.1. The van der Waals surface area contributed by atoms with Crippen molar-refractivity contribution >= 4 is 5.91 Å². The van der Waals surface area contributed by atoms with Gasteiger partial charge >= 0.3 is 6.18 Å². The van der Waals surface area contributed by atoms with E-state index >= 15 is 0 Å². The van der Waals surface area contributed by atoms with E-state index in [1.165, 1.54) is 10.7 Å². The van der Waals surface area contributed by atoms with Crippen molar-refractivity contribution in [2.45, 2.75) is 31.5 Å². The molecule has 150 valence electrons. The van der Waals surface area contributed by atoms with Crippen molar-refractivity contribution < 1.29 is 22.4 Å². The lowest BCUT2D eigenvalue weighted by Crippen LogP contribution is -2.31. The minimum atomic E-state index is -4.51. The van der Waals surface area contributed by atoms with E-state index < -0.39 is 23.5 Å². The van der Waals surface area contributed by atoms with Crippen molar-refractivity contribution in [2.75, 3.05) is 0 Å². The number of nitrogens with one attached hydrogen (secondary N) is 1. The third-order valence-corrected chi connectivity index (χ3v) is 4.89. The zero-order chi connectivity index (χ0) is 20.6. The minimum Gasteiger partial charge on any atom is -0.344 e. The number of carbonyl (C=O) groups excluding carboxylic acids is 1. The van der Waals surface area contributed by atoms with Crippen LogP contribution in [0, 0.1) is 5.82 Å². The van der Waals surface area contributed by atoms with Crippen molar-refractivity contribution in [1.29, 1.82) is 0 Å². The monoisotopic (exact) mass is 404 g/mol. The fraction of sp³-hybridized carbons (Fsp3) is 0.250.